The van der Waals surface area contributed by atoms with E-state index in [1.54, 1.807) is 0 Å². The van der Waals surface area contributed by atoms with Gasteiger partial charge in [-0.05, 0) is 17.7 Å². The van der Waals surface area contributed by atoms with Crippen LogP contribution in [0.4, 0.5) is 13.2 Å². The minimum absolute atomic E-state index is 0.0869. The number of pyridine rings is 1. The first-order valence-corrected chi connectivity index (χ1v) is 5.93. The Balaban J connectivity index is 2.48. The van der Waals surface area contributed by atoms with Gasteiger partial charge in [0.25, 0.3) is 0 Å². The van der Waals surface area contributed by atoms with Crippen LogP contribution in [0.2, 0.25) is 0 Å². The third-order valence-corrected chi connectivity index (χ3v) is 2.70. The fraction of sp³-hybridized carbons (Fsp3) is 0.143. The molecule has 0 saturated heterocycles. The van der Waals surface area contributed by atoms with Crippen molar-refractivity contribution in [3.63, 3.8) is 0 Å². The molecule has 1 aromatic carbocycles. The maximum Gasteiger partial charge on any atom is 0.573 e. The van der Waals surface area contributed by atoms with Crippen molar-refractivity contribution in [3.8, 4) is 22.8 Å². The first-order chi connectivity index (χ1) is 10.3. The van der Waals surface area contributed by atoms with Gasteiger partial charge in [-0.25, -0.2) is 9.78 Å². The van der Waals surface area contributed by atoms with Gasteiger partial charge in [0.15, 0.2) is 0 Å². The standard InChI is InChI=1S/C14H10F3NO4/c1-21-12-6-10(13(19)20)11(7-18-12)8-3-2-4-9(5-8)22-14(15,16)17/h2-7H,1H3,(H,19,20). The summed E-state index contributed by atoms with van der Waals surface area (Å²) < 4.78 is 45.4. The van der Waals surface area contributed by atoms with E-state index < -0.39 is 18.1 Å². The molecule has 0 spiro atoms. The van der Waals surface area contributed by atoms with Crippen LogP contribution in [-0.4, -0.2) is 29.5 Å². The fourth-order valence-electron chi connectivity index (χ4n) is 1.82. The molecule has 0 fully saturated rings. The Labute approximate surface area is 122 Å². The maximum atomic E-state index is 12.2. The maximum absolute atomic E-state index is 12.2. The van der Waals surface area contributed by atoms with E-state index in [1.165, 1.54) is 31.5 Å². The summed E-state index contributed by atoms with van der Waals surface area (Å²) in [4.78, 5) is 15.2. The summed E-state index contributed by atoms with van der Waals surface area (Å²) >= 11 is 0. The SMILES string of the molecule is COc1cc(C(=O)O)c(-c2cccc(OC(F)(F)F)c2)cn1. The molecule has 5 nitrogen and oxygen atoms in total. The third kappa shape index (κ3) is 3.66. The minimum Gasteiger partial charge on any atom is -0.481 e. The number of hydrogen-bond acceptors (Lipinski definition) is 4. The lowest BCUT2D eigenvalue weighted by Gasteiger charge is -2.11. The molecule has 0 radical (unpaired) electrons. The monoisotopic (exact) mass is 313 g/mol. The Morgan fingerprint density at radius 1 is 1.27 bits per heavy atom. The third-order valence-electron chi connectivity index (χ3n) is 2.70. The van der Waals surface area contributed by atoms with Gasteiger partial charge in [-0.1, -0.05) is 12.1 Å². The van der Waals surface area contributed by atoms with Crippen molar-refractivity contribution in [1.29, 1.82) is 0 Å². The quantitative estimate of drug-likeness (QED) is 0.937. The summed E-state index contributed by atoms with van der Waals surface area (Å²) in [7, 11) is 1.32. The summed E-state index contributed by atoms with van der Waals surface area (Å²) in [5.41, 5.74) is 0.242. The number of nitrogens with zero attached hydrogens (tertiary/aromatic N) is 1. The zero-order valence-corrected chi connectivity index (χ0v) is 11.2. The van der Waals surface area contributed by atoms with Crippen molar-refractivity contribution in [2.75, 3.05) is 7.11 Å². The number of alkyl halides is 3. The highest BCUT2D eigenvalue weighted by Crippen LogP contribution is 2.30. The van der Waals surface area contributed by atoms with Crippen molar-refractivity contribution < 1.29 is 32.5 Å². The van der Waals surface area contributed by atoms with Crippen LogP contribution in [0.15, 0.2) is 36.5 Å². The Morgan fingerprint density at radius 2 is 2.00 bits per heavy atom. The number of aromatic carboxylic acids is 1. The molecule has 0 aliphatic carbocycles. The molecule has 0 amide bonds. The summed E-state index contributed by atoms with van der Waals surface area (Å²) in [5, 5.41) is 9.21. The predicted octanol–water partition coefficient (Wildman–Crippen LogP) is 3.35. The molecule has 0 saturated carbocycles. The summed E-state index contributed by atoms with van der Waals surface area (Å²) in [6.07, 6.45) is -3.61. The summed E-state index contributed by atoms with van der Waals surface area (Å²) in [6.45, 7) is 0. The van der Waals surface area contributed by atoms with E-state index in [2.05, 4.69) is 9.72 Å². The van der Waals surface area contributed by atoms with Crippen LogP contribution < -0.4 is 9.47 Å². The van der Waals surface area contributed by atoms with Gasteiger partial charge in [-0.3, -0.25) is 0 Å². The Bertz CT molecular complexity index is 701. The molecule has 0 bridgehead atoms. The van der Waals surface area contributed by atoms with E-state index in [0.717, 1.165) is 12.1 Å². The molecule has 2 aromatic rings. The van der Waals surface area contributed by atoms with Crippen LogP contribution in [0.5, 0.6) is 11.6 Å². The van der Waals surface area contributed by atoms with E-state index in [9.17, 15) is 23.1 Å². The number of carbonyl (C=O) groups is 1. The van der Waals surface area contributed by atoms with Crippen molar-refractivity contribution in [2.24, 2.45) is 0 Å². The summed E-state index contributed by atoms with van der Waals surface area (Å²) in [5.74, 6) is -1.61. The van der Waals surface area contributed by atoms with Crippen molar-refractivity contribution in [2.45, 2.75) is 6.36 Å². The number of hydrogen-bond donors (Lipinski definition) is 1. The van der Waals surface area contributed by atoms with Gasteiger partial charge in [0.05, 0.1) is 12.7 Å². The molecule has 22 heavy (non-hydrogen) atoms. The second-order valence-corrected chi connectivity index (χ2v) is 4.15. The molecule has 1 aromatic heterocycles. The molecule has 0 unspecified atom stereocenters. The topological polar surface area (TPSA) is 68.7 Å². The number of halogens is 3. The first kappa shape index (κ1) is 15.6. The van der Waals surface area contributed by atoms with Crippen molar-refractivity contribution in [1.82, 2.24) is 4.98 Å². The normalized spacial score (nSPS) is 11.1. The number of ether oxygens (including phenoxy) is 2. The number of rotatable bonds is 4. The van der Waals surface area contributed by atoms with Crippen LogP contribution in [0, 0.1) is 0 Å². The van der Waals surface area contributed by atoms with Crippen LogP contribution >= 0.6 is 0 Å². The second kappa shape index (κ2) is 5.92. The lowest BCUT2D eigenvalue weighted by atomic mass is 10.0. The van der Waals surface area contributed by atoms with Gasteiger partial charge in [0.2, 0.25) is 5.88 Å². The Hall–Kier alpha value is -2.77. The second-order valence-electron chi connectivity index (χ2n) is 4.15. The zero-order chi connectivity index (χ0) is 16.3. The fourth-order valence-corrected chi connectivity index (χ4v) is 1.82. The lowest BCUT2D eigenvalue weighted by Crippen LogP contribution is -2.17. The summed E-state index contributed by atoms with van der Waals surface area (Å²) in [6, 6.07) is 6.18. The lowest BCUT2D eigenvalue weighted by molar-refractivity contribution is -0.274. The van der Waals surface area contributed by atoms with E-state index in [0.29, 0.717) is 0 Å². The van der Waals surface area contributed by atoms with E-state index in [1.807, 2.05) is 0 Å². The zero-order valence-electron chi connectivity index (χ0n) is 11.2. The minimum atomic E-state index is -4.83. The highest BCUT2D eigenvalue weighted by atomic mass is 19.4. The Morgan fingerprint density at radius 3 is 2.59 bits per heavy atom. The van der Waals surface area contributed by atoms with Crippen LogP contribution in [-0.2, 0) is 0 Å². The molecule has 0 aliphatic heterocycles. The van der Waals surface area contributed by atoms with Gasteiger partial charge in [-0.2, -0.15) is 0 Å². The molecule has 1 N–H and O–H groups in total. The number of carboxylic acids is 1. The largest absolute Gasteiger partial charge is 0.573 e. The first-order valence-electron chi connectivity index (χ1n) is 5.93. The van der Waals surface area contributed by atoms with Crippen LogP contribution in [0.25, 0.3) is 11.1 Å². The van der Waals surface area contributed by atoms with E-state index in [4.69, 9.17) is 4.74 Å². The highest BCUT2D eigenvalue weighted by Gasteiger charge is 2.31. The predicted molar refractivity (Wildman–Crippen MR) is 69.9 cm³/mol. The molecule has 2 rings (SSSR count). The van der Waals surface area contributed by atoms with Gasteiger partial charge >= 0.3 is 12.3 Å². The number of aromatic nitrogens is 1. The van der Waals surface area contributed by atoms with Crippen molar-refractivity contribution >= 4 is 5.97 Å². The molecule has 1 heterocycles. The van der Waals surface area contributed by atoms with E-state index >= 15 is 0 Å². The molecule has 0 atom stereocenters. The number of methoxy groups -OCH3 is 1. The molecule has 116 valence electrons. The smallest absolute Gasteiger partial charge is 0.481 e. The van der Waals surface area contributed by atoms with Gasteiger partial charge in [-0.15, -0.1) is 13.2 Å². The molecule has 8 heteroatoms. The van der Waals surface area contributed by atoms with E-state index in [-0.39, 0.29) is 22.6 Å². The van der Waals surface area contributed by atoms with Crippen molar-refractivity contribution in [3.05, 3.63) is 42.1 Å². The van der Waals surface area contributed by atoms with Gasteiger partial charge in [0.1, 0.15) is 5.75 Å². The Kier molecular flexibility index (Phi) is 4.20. The van der Waals surface area contributed by atoms with Crippen LogP contribution in [0.1, 0.15) is 10.4 Å². The number of carboxylic acid groups (broad SMARTS) is 1. The highest BCUT2D eigenvalue weighted by molar-refractivity contribution is 5.96. The number of benzene rings is 1. The molecule has 0 aliphatic rings. The van der Waals surface area contributed by atoms with Gasteiger partial charge < -0.3 is 14.6 Å². The average Bonchev–Trinajstić information content (AvgIpc) is 2.45. The average molecular weight is 313 g/mol. The van der Waals surface area contributed by atoms with Gasteiger partial charge in [0, 0.05) is 17.8 Å². The molecular formula is C14H10F3NO4. The molecular weight excluding hydrogens is 303 g/mol. The van der Waals surface area contributed by atoms with Crippen LogP contribution in [0.3, 0.4) is 0 Å².